The standard InChI is InChI=1S/C18H23N3O3/c1-12-17(13-4-6-15(24-3)7-5-13)20-18(19-12)14-10-16(22)21(11-14)8-9-23-2/h4-7,14H,8-11H2,1-3H3,(H,19,20)/t14-/m0/s1. The van der Waals surface area contributed by atoms with Gasteiger partial charge in [-0.1, -0.05) is 0 Å². The van der Waals surface area contributed by atoms with E-state index in [1.165, 1.54) is 0 Å². The van der Waals surface area contributed by atoms with E-state index in [2.05, 4.69) is 4.98 Å². The Morgan fingerprint density at radius 1 is 1.29 bits per heavy atom. The van der Waals surface area contributed by atoms with E-state index in [9.17, 15) is 4.79 Å². The lowest BCUT2D eigenvalue weighted by atomic mass is 10.1. The van der Waals surface area contributed by atoms with Crippen LogP contribution >= 0.6 is 0 Å². The summed E-state index contributed by atoms with van der Waals surface area (Å²) in [6.45, 7) is 3.90. The van der Waals surface area contributed by atoms with Crippen LogP contribution in [0.5, 0.6) is 5.75 Å². The number of hydrogen-bond acceptors (Lipinski definition) is 4. The summed E-state index contributed by atoms with van der Waals surface area (Å²) in [6, 6.07) is 7.84. The maximum absolute atomic E-state index is 12.1. The first-order chi connectivity index (χ1) is 11.6. The van der Waals surface area contributed by atoms with Crippen molar-refractivity contribution < 1.29 is 14.3 Å². The van der Waals surface area contributed by atoms with Gasteiger partial charge in [0, 0.05) is 43.8 Å². The predicted octanol–water partition coefficient (Wildman–Crippen LogP) is 2.36. The molecule has 0 spiro atoms. The van der Waals surface area contributed by atoms with Crippen molar-refractivity contribution in [1.82, 2.24) is 14.9 Å². The summed E-state index contributed by atoms with van der Waals surface area (Å²) < 4.78 is 10.3. The first-order valence-corrected chi connectivity index (χ1v) is 8.10. The Kier molecular flexibility index (Phi) is 4.85. The highest BCUT2D eigenvalue weighted by atomic mass is 16.5. The lowest BCUT2D eigenvalue weighted by Crippen LogP contribution is -2.28. The number of likely N-dealkylation sites (tertiary alicyclic amines) is 1. The number of benzene rings is 1. The fourth-order valence-corrected chi connectivity index (χ4v) is 3.08. The number of hydrogen-bond donors (Lipinski definition) is 1. The summed E-state index contributed by atoms with van der Waals surface area (Å²) in [5, 5.41) is 0. The van der Waals surface area contributed by atoms with E-state index in [-0.39, 0.29) is 11.8 Å². The van der Waals surface area contributed by atoms with Crippen molar-refractivity contribution in [2.75, 3.05) is 33.9 Å². The molecule has 1 fully saturated rings. The number of methoxy groups -OCH3 is 2. The van der Waals surface area contributed by atoms with E-state index in [0.29, 0.717) is 26.1 Å². The highest BCUT2D eigenvalue weighted by Crippen LogP contribution is 2.30. The first kappa shape index (κ1) is 16.5. The number of aromatic nitrogens is 2. The number of rotatable bonds is 6. The van der Waals surface area contributed by atoms with Crippen LogP contribution in [0.15, 0.2) is 24.3 Å². The van der Waals surface area contributed by atoms with Gasteiger partial charge < -0.3 is 19.4 Å². The summed E-state index contributed by atoms with van der Waals surface area (Å²) in [6.07, 6.45) is 0.499. The molecule has 128 valence electrons. The Bertz CT molecular complexity index is 709. The monoisotopic (exact) mass is 329 g/mol. The molecule has 6 heteroatoms. The smallest absolute Gasteiger partial charge is 0.223 e. The van der Waals surface area contributed by atoms with Crippen molar-refractivity contribution in [2.45, 2.75) is 19.3 Å². The van der Waals surface area contributed by atoms with E-state index >= 15 is 0 Å². The lowest BCUT2D eigenvalue weighted by Gasteiger charge is -2.15. The molecule has 0 aliphatic carbocycles. The third kappa shape index (κ3) is 3.28. The van der Waals surface area contributed by atoms with Gasteiger partial charge in [-0.25, -0.2) is 4.98 Å². The van der Waals surface area contributed by atoms with E-state index in [1.807, 2.05) is 36.1 Å². The van der Waals surface area contributed by atoms with Crippen molar-refractivity contribution >= 4 is 5.91 Å². The molecule has 0 saturated carbocycles. The minimum absolute atomic E-state index is 0.111. The van der Waals surface area contributed by atoms with E-state index in [1.54, 1.807) is 14.2 Å². The largest absolute Gasteiger partial charge is 0.497 e. The molecular formula is C18H23N3O3. The van der Waals surface area contributed by atoms with Crippen LogP contribution in [0.3, 0.4) is 0 Å². The van der Waals surface area contributed by atoms with Crippen LogP contribution < -0.4 is 4.74 Å². The fraction of sp³-hybridized carbons (Fsp3) is 0.444. The molecule has 1 amide bonds. The highest BCUT2D eigenvalue weighted by molar-refractivity contribution is 5.79. The average Bonchev–Trinajstić information content (AvgIpc) is 3.16. The van der Waals surface area contributed by atoms with Crippen molar-refractivity contribution in [1.29, 1.82) is 0 Å². The van der Waals surface area contributed by atoms with Crippen molar-refractivity contribution in [2.24, 2.45) is 0 Å². The molecule has 0 radical (unpaired) electrons. The molecule has 1 N–H and O–H groups in total. The highest BCUT2D eigenvalue weighted by Gasteiger charge is 2.32. The minimum atomic E-state index is 0.111. The van der Waals surface area contributed by atoms with Crippen molar-refractivity contribution in [3.63, 3.8) is 0 Å². The summed E-state index contributed by atoms with van der Waals surface area (Å²) in [5.41, 5.74) is 2.98. The molecular weight excluding hydrogens is 306 g/mol. The van der Waals surface area contributed by atoms with Gasteiger partial charge in [0.2, 0.25) is 5.91 Å². The van der Waals surface area contributed by atoms with Crippen LogP contribution in [0.2, 0.25) is 0 Å². The fourth-order valence-electron chi connectivity index (χ4n) is 3.08. The number of carbonyl (C=O) groups is 1. The topological polar surface area (TPSA) is 67.5 Å². The molecule has 1 saturated heterocycles. The van der Waals surface area contributed by atoms with Crippen LogP contribution in [0, 0.1) is 6.92 Å². The van der Waals surface area contributed by atoms with Crippen LogP contribution in [0.25, 0.3) is 11.3 Å². The second-order valence-electron chi connectivity index (χ2n) is 6.06. The van der Waals surface area contributed by atoms with Gasteiger partial charge in [-0.15, -0.1) is 0 Å². The molecule has 1 atom stereocenters. The Hall–Kier alpha value is -2.34. The van der Waals surface area contributed by atoms with Crippen molar-refractivity contribution in [3.8, 4) is 17.0 Å². The Balaban J connectivity index is 1.77. The molecule has 2 heterocycles. The third-order valence-corrected chi connectivity index (χ3v) is 4.43. The summed E-state index contributed by atoms with van der Waals surface area (Å²) >= 11 is 0. The summed E-state index contributed by atoms with van der Waals surface area (Å²) in [7, 11) is 3.30. The third-order valence-electron chi connectivity index (χ3n) is 4.43. The molecule has 2 aromatic rings. The quantitative estimate of drug-likeness (QED) is 0.883. The van der Waals surface area contributed by atoms with Gasteiger partial charge in [0.25, 0.3) is 0 Å². The van der Waals surface area contributed by atoms with E-state index in [0.717, 1.165) is 28.5 Å². The molecule has 1 aliphatic rings. The molecule has 0 unspecified atom stereocenters. The van der Waals surface area contributed by atoms with Gasteiger partial charge in [0.15, 0.2) is 0 Å². The molecule has 1 aromatic carbocycles. The van der Waals surface area contributed by atoms with Gasteiger partial charge in [-0.05, 0) is 31.2 Å². The van der Waals surface area contributed by atoms with Gasteiger partial charge in [0.05, 0.1) is 19.4 Å². The Morgan fingerprint density at radius 2 is 2.04 bits per heavy atom. The van der Waals surface area contributed by atoms with E-state index in [4.69, 9.17) is 14.5 Å². The van der Waals surface area contributed by atoms with Gasteiger partial charge in [0.1, 0.15) is 11.6 Å². The molecule has 1 aliphatic heterocycles. The Morgan fingerprint density at radius 3 is 2.71 bits per heavy atom. The van der Waals surface area contributed by atoms with Gasteiger partial charge >= 0.3 is 0 Å². The number of ether oxygens (including phenoxy) is 2. The number of H-pyrrole nitrogens is 1. The molecule has 24 heavy (non-hydrogen) atoms. The normalized spacial score (nSPS) is 17.5. The zero-order valence-corrected chi connectivity index (χ0v) is 14.3. The molecule has 6 nitrogen and oxygen atoms in total. The zero-order chi connectivity index (χ0) is 17.1. The summed E-state index contributed by atoms with van der Waals surface area (Å²) in [5.74, 6) is 1.98. The number of nitrogens with one attached hydrogen (secondary N) is 1. The zero-order valence-electron chi connectivity index (χ0n) is 14.3. The van der Waals surface area contributed by atoms with Crippen LogP contribution in [0.1, 0.15) is 23.9 Å². The number of aryl methyl sites for hydroxylation is 1. The second-order valence-corrected chi connectivity index (χ2v) is 6.06. The molecule has 0 bridgehead atoms. The molecule has 1 aromatic heterocycles. The van der Waals surface area contributed by atoms with Gasteiger partial charge in [-0.2, -0.15) is 0 Å². The second kappa shape index (κ2) is 7.05. The van der Waals surface area contributed by atoms with Gasteiger partial charge in [-0.3, -0.25) is 4.79 Å². The number of nitrogens with zero attached hydrogens (tertiary/aromatic N) is 2. The Labute approximate surface area is 141 Å². The van der Waals surface area contributed by atoms with Crippen LogP contribution in [0.4, 0.5) is 0 Å². The molecule has 3 rings (SSSR count). The van der Waals surface area contributed by atoms with Crippen LogP contribution in [-0.2, 0) is 9.53 Å². The lowest BCUT2D eigenvalue weighted by molar-refractivity contribution is -0.128. The van der Waals surface area contributed by atoms with Crippen molar-refractivity contribution in [3.05, 3.63) is 35.8 Å². The number of imidazole rings is 1. The summed E-state index contributed by atoms with van der Waals surface area (Å²) in [4.78, 5) is 22.1. The maximum atomic E-state index is 12.1. The maximum Gasteiger partial charge on any atom is 0.223 e. The van der Waals surface area contributed by atoms with Crippen LogP contribution in [-0.4, -0.2) is 54.7 Å². The SMILES string of the molecule is COCCN1C[C@@H](c2nc(-c3ccc(OC)cc3)c(C)[nH]2)CC1=O. The number of amides is 1. The number of carbonyl (C=O) groups excluding carboxylic acids is 1. The minimum Gasteiger partial charge on any atom is -0.497 e. The average molecular weight is 329 g/mol. The first-order valence-electron chi connectivity index (χ1n) is 8.10. The predicted molar refractivity (Wildman–Crippen MR) is 91.1 cm³/mol. The van der Waals surface area contributed by atoms with E-state index < -0.39 is 0 Å². The number of aromatic amines is 1.